The molecule has 0 atom stereocenters. The monoisotopic (exact) mass is 281 g/mol. The van der Waals surface area contributed by atoms with Crippen LogP contribution in [-0.4, -0.2) is 40.1 Å². The Hall–Kier alpha value is -1.27. The number of amides is 1. The number of hydrogen-bond acceptors (Lipinski definition) is 5. The molecule has 0 saturated carbocycles. The summed E-state index contributed by atoms with van der Waals surface area (Å²) in [6.07, 6.45) is 2.21. The molecule has 0 unspecified atom stereocenters. The molecule has 1 aromatic rings. The number of nitrogens with zero attached hydrogens (tertiary/aromatic N) is 1. The lowest BCUT2D eigenvalue weighted by atomic mass is 10.2. The van der Waals surface area contributed by atoms with E-state index in [1.165, 1.54) is 6.07 Å². The summed E-state index contributed by atoms with van der Waals surface area (Å²) in [5.41, 5.74) is 0.763. The van der Waals surface area contributed by atoms with Gasteiger partial charge in [-0.3, -0.25) is 4.79 Å². The Morgan fingerprint density at radius 1 is 1.53 bits per heavy atom. The van der Waals surface area contributed by atoms with E-state index in [0.29, 0.717) is 11.0 Å². The van der Waals surface area contributed by atoms with Crippen LogP contribution < -0.4 is 10.6 Å². The van der Waals surface area contributed by atoms with E-state index in [2.05, 4.69) is 15.6 Å². The molecule has 1 aromatic heterocycles. The second kappa shape index (κ2) is 6.77. The van der Waals surface area contributed by atoms with Crippen LogP contribution in [0.1, 0.15) is 18.5 Å². The van der Waals surface area contributed by atoms with Gasteiger partial charge in [0.25, 0.3) is 0 Å². The van der Waals surface area contributed by atoms with Crippen LogP contribution in [0.3, 0.4) is 0 Å². The first kappa shape index (κ1) is 14.1. The Morgan fingerprint density at radius 2 is 2.26 bits per heavy atom. The molecular weight excluding hydrogens is 262 g/mol. The van der Waals surface area contributed by atoms with Crippen LogP contribution >= 0.6 is 11.8 Å². The average molecular weight is 281 g/mol. The lowest BCUT2D eigenvalue weighted by molar-refractivity contribution is -0.113. The number of pyridine rings is 1. The van der Waals surface area contributed by atoms with Crippen LogP contribution in [0.2, 0.25) is 0 Å². The van der Waals surface area contributed by atoms with Crippen LogP contribution in [0, 0.1) is 6.92 Å². The number of anilines is 1. The molecule has 2 rings (SSSR count). The summed E-state index contributed by atoms with van der Waals surface area (Å²) in [5, 5.41) is 16.1. The second-order valence-electron chi connectivity index (χ2n) is 4.63. The van der Waals surface area contributed by atoms with Crippen molar-refractivity contribution in [2.24, 2.45) is 0 Å². The molecule has 1 amide bonds. The van der Waals surface area contributed by atoms with Gasteiger partial charge in [-0.1, -0.05) is 0 Å². The number of aryl methyl sites for hydroxylation is 1. The maximum Gasteiger partial charge on any atom is 0.235 e. The van der Waals surface area contributed by atoms with E-state index < -0.39 is 0 Å². The molecule has 0 aliphatic carbocycles. The molecule has 3 N–H and O–H groups in total. The second-order valence-corrected chi connectivity index (χ2v) is 5.92. The topological polar surface area (TPSA) is 74.2 Å². The van der Waals surface area contributed by atoms with E-state index in [0.717, 1.165) is 31.6 Å². The average Bonchev–Trinajstić information content (AvgIpc) is 2.42. The molecule has 1 aliphatic heterocycles. The molecule has 6 heteroatoms. The summed E-state index contributed by atoms with van der Waals surface area (Å²) in [7, 11) is 0. The smallest absolute Gasteiger partial charge is 0.235 e. The van der Waals surface area contributed by atoms with E-state index in [-0.39, 0.29) is 17.5 Å². The van der Waals surface area contributed by atoms with Crippen LogP contribution in [0.4, 0.5) is 5.82 Å². The van der Waals surface area contributed by atoms with Crippen molar-refractivity contribution in [2.45, 2.75) is 25.0 Å². The number of aromatic hydroxyl groups is 1. The minimum absolute atomic E-state index is 0.00539. The van der Waals surface area contributed by atoms with Crippen molar-refractivity contribution in [1.82, 2.24) is 10.3 Å². The Balaban J connectivity index is 1.81. The molecule has 1 fully saturated rings. The van der Waals surface area contributed by atoms with Crippen LogP contribution in [0.15, 0.2) is 12.1 Å². The minimum atomic E-state index is -0.114. The Morgan fingerprint density at radius 3 is 3.00 bits per heavy atom. The third-order valence-electron chi connectivity index (χ3n) is 3.01. The first-order valence-electron chi connectivity index (χ1n) is 6.44. The van der Waals surface area contributed by atoms with Crippen molar-refractivity contribution in [1.29, 1.82) is 0 Å². The van der Waals surface area contributed by atoms with E-state index in [1.807, 2.05) is 6.92 Å². The Labute approximate surface area is 117 Å². The predicted molar refractivity (Wildman–Crippen MR) is 77.6 cm³/mol. The van der Waals surface area contributed by atoms with E-state index in [4.69, 9.17) is 0 Å². The largest absolute Gasteiger partial charge is 0.504 e. The summed E-state index contributed by atoms with van der Waals surface area (Å²) in [6, 6.07) is 3.24. The molecule has 2 heterocycles. The molecular formula is C13H19N3O2S. The highest BCUT2D eigenvalue weighted by molar-refractivity contribution is 8.00. The highest BCUT2D eigenvalue weighted by Crippen LogP contribution is 2.22. The van der Waals surface area contributed by atoms with E-state index >= 15 is 0 Å². The molecule has 0 bridgehead atoms. The van der Waals surface area contributed by atoms with Gasteiger partial charge in [-0.05, 0) is 45.0 Å². The predicted octanol–water partition coefficient (Wildman–Crippen LogP) is 1.52. The number of aromatic nitrogens is 1. The van der Waals surface area contributed by atoms with Crippen molar-refractivity contribution < 1.29 is 9.90 Å². The number of rotatable bonds is 4. The SMILES string of the molecule is Cc1ccc(O)c(NC(=O)CSC2CCNCC2)n1. The van der Waals surface area contributed by atoms with Gasteiger partial charge < -0.3 is 15.7 Å². The van der Waals surface area contributed by atoms with Crippen LogP contribution in [0.5, 0.6) is 5.75 Å². The van der Waals surface area contributed by atoms with E-state index in [9.17, 15) is 9.90 Å². The fourth-order valence-electron chi connectivity index (χ4n) is 1.97. The zero-order chi connectivity index (χ0) is 13.7. The van der Waals surface area contributed by atoms with E-state index in [1.54, 1.807) is 17.8 Å². The van der Waals surface area contributed by atoms with Crippen molar-refractivity contribution >= 4 is 23.5 Å². The molecule has 5 nitrogen and oxygen atoms in total. The maximum absolute atomic E-state index is 11.8. The highest BCUT2D eigenvalue weighted by Gasteiger charge is 2.15. The van der Waals surface area contributed by atoms with Crippen molar-refractivity contribution in [3.8, 4) is 5.75 Å². The van der Waals surface area contributed by atoms with Crippen molar-refractivity contribution in [2.75, 3.05) is 24.2 Å². The molecule has 0 radical (unpaired) electrons. The normalized spacial score (nSPS) is 16.3. The molecule has 19 heavy (non-hydrogen) atoms. The van der Waals surface area contributed by atoms with Gasteiger partial charge in [0.2, 0.25) is 5.91 Å². The number of carbonyl (C=O) groups is 1. The molecule has 1 aliphatic rings. The van der Waals surface area contributed by atoms with Gasteiger partial charge in [0, 0.05) is 10.9 Å². The maximum atomic E-state index is 11.8. The third kappa shape index (κ3) is 4.40. The third-order valence-corrected chi connectivity index (χ3v) is 4.38. The number of carbonyl (C=O) groups excluding carboxylic acids is 1. The first-order valence-corrected chi connectivity index (χ1v) is 7.49. The highest BCUT2D eigenvalue weighted by atomic mass is 32.2. The van der Waals surface area contributed by atoms with Crippen molar-refractivity contribution in [3.05, 3.63) is 17.8 Å². The molecule has 1 saturated heterocycles. The minimum Gasteiger partial charge on any atom is -0.504 e. The Bertz CT molecular complexity index is 448. The standard InChI is InChI=1S/C13H19N3O2S/c1-9-2-3-11(17)13(15-9)16-12(18)8-19-10-4-6-14-7-5-10/h2-3,10,14,17H,4-8H2,1H3,(H,15,16,18). The van der Waals surface area contributed by atoms with Crippen LogP contribution in [0.25, 0.3) is 0 Å². The van der Waals surface area contributed by atoms with Gasteiger partial charge in [0.05, 0.1) is 5.75 Å². The zero-order valence-electron chi connectivity index (χ0n) is 11.0. The summed E-state index contributed by atoms with van der Waals surface area (Å²) < 4.78 is 0. The first-order chi connectivity index (χ1) is 9.15. The lowest BCUT2D eigenvalue weighted by Gasteiger charge is -2.21. The van der Waals surface area contributed by atoms with Gasteiger partial charge >= 0.3 is 0 Å². The zero-order valence-corrected chi connectivity index (χ0v) is 11.8. The van der Waals surface area contributed by atoms with Crippen molar-refractivity contribution in [3.63, 3.8) is 0 Å². The Kier molecular flexibility index (Phi) is 5.04. The summed E-state index contributed by atoms with van der Waals surface area (Å²) in [4.78, 5) is 15.9. The summed E-state index contributed by atoms with van der Waals surface area (Å²) in [6.45, 7) is 3.87. The summed E-state index contributed by atoms with van der Waals surface area (Å²) >= 11 is 1.67. The van der Waals surface area contributed by atoms with Gasteiger partial charge in [-0.15, -0.1) is 11.8 Å². The number of piperidine rings is 1. The van der Waals surface area contributed by atoms with Crippen LogP contribution in [-0.2, 0) is 4.79 Å². The fourth-order valence-corrected chi connectivity index (χ4v) is 2.99. The quantitative estimate of drug-likeness (QED) is 0.780. The van der Waals surface area contributed by atoms with Gasteiger partial charge in [0.15, 0.2) is 11.6 Å². The molecule has 0 spiro atoms. The van der Waals surface area contributed by atoms with Gasteiger partial charge in [-0.2, -0.15) is 0 Å². The van der Waals surface area contributed by atoms with Gasteiger partial charge in [-0.25, -0.2) is 4.98 Å². The molecule has 104 valence electrons. The summed E-state index contributed by atoms with van der Waals surface area (Å²) in [5.74, 6) is 0.540. The number of nitrogens with one attached hydrogen (secondary N) is 2. The fraction of sp³-hybridized carbons (Fsp3) is 0.538. The number of hydrogen-bond donors (Lipinski definition) is 3. The lowest BCUT2D eigenvalue weighted by Crippen LogP contribution is -2.30. The van der Waals surface area contributed by atoms with Gasteiger partial charge in [0.1, 0.15) is 0 Å². The molecule has 0 aromatic carbocycles. The number of thioether (sulfide) groups is 1.